The summed E-state index contributed by atoms with van der Waals surface area (Å²) in [6.45, 7) is 7.24. The van der Waals surface area contributed by atoms with Crippen molar-refractivity contribution in [2.24, 2.45) is 0 Å². The normalized spacial score (nSPS) is 16.4. The van der Waals surface area contributed by atoms with Crippen molar-refractivity contribution in [3.05, 3.63) is 46.5 Å². The van der Waals surface area contributed by atoms with E-state index >= 15 is 0 Å². The topological polar surface area (TPSA) is 48.7 Å². The number of hydrogen-bond acceptors (Lipinski definition) is 5. The van der Waals surface area contributed by atoms with E-state index in [9.17, 15) is 4.79 Å². The highest BCUT2D eigenvalue weighted by Gasteiger charge is 2.21. The van der Waals surface area contributed by atoms with Gasteiger partial charge in [0.05, 0.1) is 19.4 Å². The van der Waals surface area contributed by atoms with Gasteiger partial charge < -0.3 is 14.6 Å². The molecule has 136 valence electrons. The van der Waals surface area contributed by atoms with Crippen LogP contribution in [0, 0.1) is 0 Å². The van der Waals surface area contributed by atoms with E-state index < -0.39 is 0 Å². The van der Waals surface area contributed by atoms with Gasteiger partial charge in [0.15, 0.2) is 0 Å². The third kappa shape index (κ3) is 5.70. The molecule has 0 atom stereocenters. The van der Waals surface area contributed by atoms with Gasteiger partial charge in [0.1, 0.15) is 5.76 Å². The highest BCUT2D eigenvalue weighted by atomic mass is 32.1. The molecule has 5 nitrogen and oxygen atoms in total. The van der Waals surface area contributed by atoms with E-state index in [0.29, 0.717) is 19.1 Å². The van der Waals surface area contributed by atoms with Crippen LogP contribution in [0.2, 0.25) is 0 Å². The maximum Gasteiger partial charge on any atom is 0.234 e. The summed E-state index contributed by atoms with van der Waals surface area (Å²) in [6.07, 6.45) is 3.77. The summed E-state index contributed by atoms with van der Waals surface area (Å²) in [5.74, 6) is 0.999. The molecule has 0 spiro atoms. The first-order chi connectivity index (χ1) is 12.2. The zero-order chi connectivity index (χ0) is 17.5. The fraction of sp³-hybridized carbons (Fsp3) is 0.526. The Kier molecular flexibility index (Phi) is 6.67. The van der Waals surface area contributed by atoms with Crippen molar-refractivity contribution in [2.75, 3.05) is 26.2 Å². The van der Waals surface area contributed by atoms with Crippen LogP contribution in [0.25, 0.3) is 0 Å². The van der Waals surface area contributed by atoms with Crippen LogP contribution in [0.3, 0.4) is 0 Å². The molecule has 0 aromatic carbocycles. The highest BCUT2D eigenvalue weighted by molar-refractivity contribution is 7.09. The molecule has 1 aliphatic rings. The SMILES string of the molecule is CCN1CCC(NC(=O)CN(Cc2ccco2)Cc2cccs2)CC1. The summed E-state index contributed by atoms with van der Waals surface area (Å²) < 4.78 is 5.46. The average Bonchev–Trinajstić information content (AvgIpc) is 3.29. The molecule has 1 saturated heterocycles. The number of carbonyl (C=O) groups is 1. The first-order valence-corrected chi connectivity index (χ1v) is 9.89. The Morgan fingerprint density at radius 2 is 2.16 bits per heavy atom. The van der Waals surface area contributed by atoms with Crippen LogP contribution in [-0.4, -0.2) is 47.9 Å². The number of amides is 1. The van der Waals surface area contributed by atoms with Crippen LogP contribution in [0.4, 0.5) is 0 Å². The van der Waals surface area contributed by atoms with E-state index in [0.717, 1.165) is 44.8 Å². The molecule has 1 fully saturated rings. The number of rotatable bonds is 8. The number of thiophene rings is 1. The van der Waals surface area contributed by atoms with Crippen LogP contribution < -0.4 is 5.32 Å². The van der Waals surface area contributed by atoms with Crippen molar-refractivity contribution in [1.29, 1.82) is 0 Å². The molecule has 25 heavy (non-hydrogen) atoms. The molecule has 1 amide bonds. The number of nitrogens with zero attached hydrogens (tertiary/aromatic N) is 2. The molecule has 3 heterocycles. The smallest absolute Gasteiger partial charge is 0.234 e. The summed E-state index contributed by atoms with van der Waals surface area (Å²) in [5, 5.41) is 5.29. The summed E-state index contributed by atoms with van der Waals surface area (Å²) in [4.78, 5) is 18.4. The monoisotopic (exact) mass is 361 g/mol. The number of nitrogens with one attached hydrogen (secondary N) is 1. The van der Waals surface area contributed by atoms with Crippen LogP contribution in [-0.2, 0) is 17.9 Å². The Bertz CT molecular complexity index is 583. The molecular formula is C19H27N3O2S. The van der Waals surface area contributed by atoms with Gasteiger partial charge in [-0.1, -0.05) is 13.0 Å². The Labute approximate surface area is 153 Å². The molecule has 0 saturated carbocycles. The largest absolute Gasteiger partial charge is 0.468 e. The molecule has 1 aliphatic heterocycles. The van der Waals surface area contributed by atoms with Gasteiger partial charge in [-0.25, -0.2) is 0 Å². The van der Waals surface area contributed by atoms with Crippen LogP contribution in [0.15, 0.2) is 40.3 Å². The van der Waals surface area contributed by atoms with Crippen molar-refractivity contribution >= 4 is 17.2 Å². The second kappa shape index (κ2) is 9.17. The van der Waals surface area contributed by atoms with Gasteiger partial charge in [-0.05, 0) is 43.0 Å². The molecule has 3 rings (SSSR count). The van der Waals surface area contributed by atoms with Crippen molar-refractivity contribution in [3.8, 4) is 0 Å². The third-order valence-corrected chi connectivity index (χ3v) is 5.55. The standard InChI is InChI=1S/C19H27N3O2S/c1-2-21-9-7-16(8-10-21)20-19(23)15-22(13-17-5-3-11-24-17)14-18-6-4-12-25-18/h3-6,11-12,16H,2,7-10,13-15H2,1H3,(H,20,23). The van der Waals surface area contributed by atoms with E-state index in [1.165, 1.54) is 4.88 Å². The first-order valence-electron chi connectivity index (χ1n) is 9.01. The minimum absolute atomic E-state index is 0.109. The number of carbonyl (C=O) groups excluding carboxylic acids is 1. The van der Waals surface area contributed by atoms with Crippen molar-refractivity contribution in [2.45, 2.75) is 38.9 Å². The Morgan fingerprint density at radius 3 is 2.80 bits per heavy atom. The lowest BCUT2D eigenvalue weighted by molar-refractivity contribution is -0.123. The maximum absolute atomic E-state index is 12.5. The van der Waals surface area contributed by atoms with Gasteiger partial charge in [-0.3, -0.25) is 9.69 Å². The van der Waals surface area contributed by atoms with Gasteiger partial charge in [0, 0.05) is 30.6 Å². The number of furan rings is 1. The summed E-state index contributed by atoms with van der Waals surface area (Å²) in [7, 11) is 0. The Morgan fingerprint density at radius 1 is 1.32 bits per heavy atom. The number of hydrogen-bond donors (Lipinski definition) is 1. The molecule has 1 N–H and O–H groups in total. The van der Waals surface area contributed by atoms with E-state index in [2.05, 4.69) is 33.5 Å². The lowest BCUT2D eigenvalue weighted by atomic mass is 10.1. The molecule has 6 heteroatoms. The lowest BCUT2D eigenvalue weighted by Gasteiger charge is -2.32. The van der Waals surface area contributed by atoms with Gasteiger partial charge >= 0.3 is 0 Å². The lowest BCUT2D eigenvalue weighted by Crippen LogP contribution is -2.47. The Hall–Kier alpha value is -1.63. The average molecular weight is 362 g/mol. The minimum Gasteiger partial charge on any atom is -0.468 e. The van der Waals surface area contributed by atoms with Crippen molar-refractivity contribution < 1.29 is 9.21 Å². The molecule has 0 unspecified atom stereocenters. The van der Waals surface area contributed by atoms with Crippen LogP contribution >= 0.6 is 11.3 Å². The predicted molar refractivity (Wildman–Crippen MR) is 100 cm³/mol. The fourth-order valence-electron chi connectivity index (χ4n) is 3.28. The van der Waals surface area contributed by atoms with Gasteiger partial charge in [-0.2, -0.15) is 0 Å². The minimum atomic E-state index is 0.109. The van der Waals surface area contributed by atoms with Crippen LogP contribution in [0.1, 0.15) is 30.4 Å². The summed E-state index contributed by atoms with van der Waals surface area (Å²) >= 11 is 1.72. The van der Waals surface area contributed by atoms with Crippen molar-refractivity contribution in [3.63, 3.8) is 0 Å². The quantitative estimate of drug-likeness (QED) is 0.785. The highest BCUT2D eigenvalue weighted by Crippen LogP contribution is 2.15. The van der Waals surface area contributed by atoms with E-state index in [1.54, 1.807) is 17.6 Å². The Balaban J connectivity index is 1.52. The van der Waals surface area contributed by atoms with Crippen LogP contribution in [0.5, 0.6) is 0 Å². The van der Waals surface area contributed by atoms with E-state index in [4.69, 9.17) is 4.42 Å². The fourth-order valence-corrected chi connectivity index (χ4v) is 4.03. The molecule has 0 aliphatic carbocycles. The van der Waals surface area contributed by atoms with E-state index in [-0.39, 0.29) is 5.91 Å². The summed E-state index contributed by atoms with van der Waals surface area (Å²) in [5.41, 5.74) is 0. The van der Waals surface area contributed by atoms with Gasteiger partial charge in [0.25, 0.3) is 0 Å². The predicted octanol–water partition coefficient (Wildman–Crippen LogP) is 2.94. The van der Waals surface area contributed by atoms with Gasteiger partial charge in [-0.15, -0.1) is 11.3 Å². The second-order valence-electron chi connectivity index (χ2n) is 6.58. The zero-order valence-electron chi connectivity index (χ0n) is 14.8. The molecule has 0 bridgehead atoms. The second-order valence-corrected chi connectivity index (χ2v) is 7.61. The molecular weight excluding hydrogens is 334 g/mol. The molecule has 2 aromatic heterocycles. The molecule has 0 radical (unpaired) electrons. The summed E-state index contributed by atoms with van der Waals surface area (Å²) in [6, 6.07) is 8.31. The van der Waals surface area contributed by atoms with Crippen molar-refractivity contribution in [1.82, 2.24) is 15.1 Å². The number of likely N-dealkylation sites (tertiary alicyclic amines) is 1. The number of piperidine rings is 1. The third-order valence-electron chi connectivity index (χ3n) is 4.69. The zero-order valence-corrected chi connectivity index (χ0v) is 15.6. The van der Waals surface area contributed by atoms with E-state index in [1.807, 2.05) is 18.2 Å². The van der Waals surface area contributed by atoms with Gasteiger partial charge in [0.2, 0.25) is 5.91 Å². The first kappa shape index (κ1) is 18.2. The maximum atomic E-state index is 12.5. The molecule has 2 aromatic rings.